The number of ether oxygens (including phenoxy) is 4. The summed E-state index contributed by atoms with van der Waals surface area (Å²) in [6.07, 6.45) is -2.86. The van der Waals surface area contributed by atoms with Crippen LogP contribution < -0.4 is 35.2 Å². The van der Waals surface area contributed by atoms with Crippen molar-refractivity contribution in [3.05, 3.63) is 76.1 Å². The average molecular weight is 577 g/mol. The van der Waals surface area contributed by atoms with Crippen molar-refractivity contribution in [1.82, 2.24) is 5.32 Å². The molecular formula is C31H32N2O9. The van der Waals surface area contributed by atoms with E-state index in [-0.39, 0.29) is 23.6 Å². The fraction of sp³-hybridized carbons (Fsp3) is 0.290. The molecule has 3 aromatic carbocycles. The van der Waals surface area contributed by atoms with Gasteiger partial charge >= 0.3 is 5.63 Å². The second kappa shape index (κ2) is 12.1. The number of nitrogens with one attached hydrogen (secondary N) is 2. The van der Waals surface area contributed by atoms with E-state index in [9.17, 15) is 19.8 Å². The molecule has 42 heavy (non-hydrogen) atoms. The van der Waals surface area contributed by atoms with Gasteiger partial charge in [0.2, 0.25) is 0 Å². The molecule has 0 saturated carbocycles. The summed E-state index contributed by atoms with van der Waals surface area (Å²) in [4.78, 5) is 26.3. The number of anilines is 1. The summed E-state index contributed by atoms with van der Waals surface area (Å²) in [6, 6.07) is 15.4. The number of piperidine rings is 1. The maximum atomic E-state index is 13.3. The van der Waals surface area contributed by atoms with Crippen molar-refractivity contribution in [2.75, 3.05) is 39.7 Å². The quantitative estimate of drug-likeness (QED) is 0.231. The van der Waals surface area contributed by atoms with Crippen LogP contribution in [0.4, 0.5) is 5.69 Å². The molecule has 1 amide bonds. The molecule has 1 aliphatic heterocycles. The lowest BCUT2D eigenvalue weighted by atomic mass is 10.0. The number of β-amino-alcohol motifs (C(OH)–C–C–N with tert-alkyl or cyclic N) is 1. The van der Waals surface area contributed by atoms with Gasteiger partial charge in [-0.3, -0.25) is 4.79 Å². The Balaban J connectivity index is 1.46. The van der Waals surface area contributed by atoms with Crippen molar-refractivity contribution >= 4 is 22.6 Å². The third-order valence-electron chi connectivity index (χ3n) is 7.22. The predicted octanol–water partition coefficient (Wildman–Crippen LogP) is 3.12. The smallest absolute Gasteiger partial charge is 0.360 e. The van der Waals surface area contributed by atoms with Crippen molar-refractivity contribution in [2.24, 2.45) is 0 Å². The molecule has 2 heterocycles. The summed E-state index contributed by atoms with van der Waals surface area (Å²) in [5.41, 5.74) is 1.64. The molecule has 0 bridgehead atoms. The number of methoxy groups -OCH3 is 3. The van der Waals surface area contributed by atoms with E-state index in [1.165, 1.54) is 13.2 Å². The lowest BCUT2D eigenvalue weighted by Gasteiger charge is -2.33. The van der Waals surface area contributed by atoms with Crippen LogP contribution in [0.2, 0.25) is 0 Å². The van der Waals surface area contributed by atoms with Crippen molar-refractivity contribution in [2.45, 2.75) is 25.2 Å². The molecule has 0 unspecified atom stereocenters. The molecule has 220 valence electrons. The van der Waals surface area contributed by atoms with Crippen LogP contribution in [0, 0.1) is 6.92 Å². The van der Waals surface area contributed by atoms with Gasteiger partial charge in [-0.25, -0.2) is 4.79 Å². The molecule has 1 aliphatic rings. The van der Waals surface area contributed by atoms with Gasteiger partial charge in [0.25, 0.3) is 5.91 Å². The Hall–Kier alpha value is -4.58. The number of hydrogen-bond acceptors (Lipinski definition) is 10. The lowest BCUT2D eigenvalue weighted by molar-refractivity contribution is -0.0658. The highest BCUT2D eigenvalue weighted by Crippen LogP contribution is 2.39. The van der Waals surface area contributed by atoms with Crippen LogP contribution in [-0.4, -0.2) is 68.9 Å². The second-order valence-corrected chi connectivity index (χ2v) is 9.87. The molecule has 0 aliphatic carbocycles. The van der Waals surface area contributed by atoms with Gasteiger partial charge in [0.1, 0.15) is 35.0 Å². The molecule has 5 rings (SSSR count). The first-order valence-corrected chi connectivity index (χ1v) is 13.3. The topological polar surface area (TPSA) is 149 Å². The van der Waals surface area contributed by atoms with E-state index in [2.05, 4.69) is 10.6 Å². The Morgan fingerprint density at radius 2 is 1.76 bits per heavy atom. The number of fused-ring (bicyclic) bond motifs is 1. The van der Waals surface area contributed by atoms with E-state index < -0.39 is 29.8 Å². The van der Waals surface area contributed by atoms with Crippen LogP contribution in [0.15, 0.2) is 63.8 Å². The highest BCUT2D eigenvalue weighted by Gasteiger charge is 2.33. The van der Waals surface area contributed by atoms with Crippen LogP contribution in [0.5, 0.6) is 23.0 Å². The molecule has 4 N–H and O–H groups in total. The Kier molecular flexibility index (Phi) is 8.34. The number of amides is 1. The largest absolute Gasteiger partial charge is 0.497 e. The fourth-order valence-corrected chi connectivity index (χ4v) is 4.95. The van der Waals surface area contributed by atoms with Gasteiger partial charge < -0.3 is 44.2 Å². The SMILES string of the molecule is COc1cccc(-c2cc(C(=O)Nc3cc4cc(OC)c(O[C@@H]5CNC[C@@H](O)[C@H]5O)c(C)c4oc3=O)ccc2OC)c1. The van der Waals surface area contributed by atoms with E-state index >= 15 is 0 Å². The van der Waals surface area contributed by atoms with Crippen LogP contribution in [0.3, 0.4) is 0 Å². The third-order valence-corrected chi connectivity index (χ3v) is 7.22. The van der Waals surface area contributed by atoms with Gasteiger partial charge in [0.05, 0.1) is 27.4 Å². The minimum absolute atomic E-state index is 0.0589. The molecule has 1 fully saturated rings. The molecule has 1 aromatic heterocycles. The zero-order valence-corrected chi connectivity index (χ0v) is 23.6. The highest BCUT2D eigenvalue weighted by molar-refractivity contribution is 6.06. The zero-order chi connectivity index (χ0) is 30.0. The molecule has 0 radical (unpaired) electrons. The fourth-order valence-electron chi connectivity index (χ4n) is 4.95. The first kappa shape index (κ1) is 28.9. The normalized spacial score (nSPS) is 18.4. The molecular weight excluding hydrogens is 544 g/mol. The summed E-state index contributed by atoms with van der Waals surface area (Å²) in [7, 11) is 4.58. The summed E-state index contributed by atoms with van der Waals surface area (Å²) >= 11 is 0. The number of aryl methyl sites for hydroxylation is 1. The number of hydrogen-bond donors (Lipinski definition) is 4. The molecule has 4 aromatic rings. The van der Waals surface area contributed by atoms with Gasteiger partial charge in [-0.2, -0.15) is 0 Å². The van der Waals surface area contributed by atoms with E-state index in [0.29, 0.717) is 45.9 Å². The summed E-state index contributed by atoms with van der Waals surface area (Å²) in [5, 5.41) is 26.5. The van der Waals surface area contributed by atoms with E-state index in [0.717, 1.165) is 5.56 Å². The Morgan fingerprint density at radius 3 is 2.50 bits per heavy atom. The standard InChI is InChI=1S/C31H32N2O9/c1-16-28-19(13-25(40-4)29(16)41-26-15-32-14-23(34)27(26)35)12-22(31(37)42-28)33-30(36)18-8-9-24(39-3)21(11-18)17-6-5-7-20(10-17)38-2/h5-13,23,26-27,32,34-35H,14-15H2,1-4H3,(H,33,36)/t23-,26-,27-/m1/s1. The Morgan fingerprint density at radius 1 is 0.976 bits per heavy atom. The van der Waals surface area contributed by atoms with Crippen molar-refractivity contribution < 1.29 is 38.4 Å². The zero-order valence-electron chi connectivity index (χ0n) is 23.6. The Labute approximate surface area is 241 Å². The van der Waals surface area contributed by atoms with Crippen LogP contribution in [0.1, 0.15) is 15.9 Å². The number of carbonyl (C=O) groups is 1. The lowest BCUT2D eigenvalue weighted by Crippen LogP contribution is -2.55. The number of carbonyl (C=O) groups excluding carboxylic acids is 1. The van der Waals surface area contributed by atoms with Crippen molar-refractivity contribution in [3.8, 4) is 34.1 Å². The first-order valence-electron chi connectivity index (χ1n) is 13.3. The number of rotatable bonds is 8. The summed E-state index contributed by atoms with van der Waals surface area (Å²) in [5.74, 6) is 1.30. The van der Waals surface area contributed by atoms with Gasteiger partial charge in [-0.05, 0) is 55.0 Å². The predicted molar refractivity (Wildman–Crippen MR) is 156 cm³/mol. The van der Waals surface area contributed by atoms with Crippen LogP contribution in [0.25, 0.3) is 22.1 Å². The second-order valence-electron chi connectivity index (χ2n) is 9.87. The molecule has 1 saturated heterocycles. The molecule has 3 atom stereocenters. The van der Waals surface area contributed by atoms with Gasteiger partial charge in [0.15, 0.2) is 11.5 Å². The van der Waals surface area contributed by atoms with Gasteiger partial charge in [-0.1, -0.05) is 12.1 Å². The van der Waals surface area contributed by atoms with Crippen molar-refractivity contribution in [3.63, 3.8) is 0 Å². The molecule has 0 spiro atoms. The van der Waals surface area contributed by atoms with Crippen LogP contribution >= 0.6 is 0 Å². The van der Waals surface area contributed by atoms with Crippen LogP contribution in [-0.2, 0) is 0 Å². The van der Waals surface area contributed by atoms with E-state index in [1.54, 1.807) is 45.4 Å². The Bertz CT molecular complexity index is 1680. The number of aliphatic hydroxyl groups excluding tert-OH is 2. The maximum Gasteiger partial charge on any atom is 0.360 e. The molecule has 11 heteroatoms. The average Bonchev–Trinajstić information content (AvgIpc) is 3.01. The minimum Gasteiger partial charge on any atom is -0.497 e. The summed E-state index contributed by atoms with van der Waals surface area (Å²) < 4.78 is 28.0. The van der Waals surface area contributed by atoms with Crippen molar-refractivity contribution in [1.29, 1.82) is 0 Å². The highest BCUT2D eigenvalue weighted by atomic mass is 16.5. The monoisotopic (exact) mass is 576 g/mol. The summed E-state index contributed by atoms with van der Waals surface area (Å²) in [6.45, 7) is 2.24. The number of aliphatic hydroxyl groups is 2. The first-order chi connectivity index (χ1) is 20.2. The third kappa shape index (κ3) is 5.62. The van der Waals surface area contributed by atoms with Gasteiger partial charge in [-0.15, -0.1) is 0 Å². The molecule has 11 nitrogen and oxygen atoms in total. The van der Waals surface area contributed by atoms with E-state index in [1.807, 2.05) is 24.3 Å². The number of benzene rings is 3. The minimum atomic E-state index is -1.11. The van der Waals surface area contributed by atoms with E-state index in [4.69, 9.17) is 23.4 Å². The maximum absolute atomic E-state index is 13.3. The van der Waals surface area contributed by atoms with Gasteiger partial charge in [0, 0.05) is 35.2 Å².